The van der Waals surface area contributed by atoms with Gasteiger partial charge in [0, 0.05) is 12.5 Å². The quantitative estimate of drug-likeness (QED) is 0.388. The predicted molar refractivity (Wildman–Crippen MR) is 114 cm³/mol. The van der Waals surface area contributed by atoms with Gasteiger partial charge in [0.25, 0.3) is 0 Å². The molecular weight excluding hydrogens is 374 g/mol. The molecule has 0 aromatic carbocycles. The van der Waals surface area contributed by atoms with Gasteiger partial charge in [-0.2, -0.15) is 0 Å². The smallest absolute Gasteiger partial charge is 0.408 e. The fraction of sp³-hybridized carbons (Fsp3) is 0.909. The first-order valence-corrected chi connectivity index (χ1v) is 10.9. The first-order chi connectivity index (χ1) is 13.4. The second-order valence-corrected chi connectivity index (χ2v) is 9.25. The molecule has 0 saturated carbocycles. The van der Waals surface area contributed by atoms with Crippen molar-refractivity contribution in [3.63, 3.8) is 0 Å². The number of hydrogen-bond acceptors (Lipinski definition) is 5. The highest BCUT2D eigenvalue weighted by Gasteiger charge is 2.28. The second kappa shape index (κ2) is 13.8. The SMILES string of the molecule is CCCOC(CCCC(NC(=O)OC(C)(C)C)C(=O)O)C(CCC(C)C)[C@H](C)O. The number of amides is 1. The first kappa shape index (κ1) is 27.7. The van der Waals surface area contributed by atoms with Crippen LogP contribution in [0.1, 0.15) is 87.0 Å². The maximum Gasteiger partial charge on any atom is 0.408 e. The number of alkyl carbamates (subject to hydrolysis) is 1. The Kier molecular flexibility index (Phi) is 13.2. The highest BCUT2D eigenvalue weighted by molar-refractivity contribution is 5.79. The molecule has 3 N–H and O–H groups in total. The standard InChI is InChI=1S/C22H43NO6/c1-8-14-28-19(17(16(4)24)13-12-15(2)3)11-9-10-18(20(25)26)23-21(27)29-22(5,6)7/h15-19,24H,8-14H2,1-7H3,(H,23,27)(H,25,26)/t16-,17?,18?,19?/m0/s1. The van der Waals surface area contributed by atoms with E-state index >= 15 is 0 Å². The molecule has 0 fully saturated rings. The van der Waals surface area contributed by atoms with Gasteiger partial charge in [-0.1, -0.05) is 27.2 Å². The van der Waals surface area contributed by atoms with E-state index in [9.17, 15) is 19.8 Å². The summed E-state index contributed by atoms with van der Waals surface area (Å²) in [7, 11) is 0. The molecule has 7 heteroatoms. The van der Waals surface area contributed by atoms with Crippen LogP contribution in [0.5, 0.6) is 0 Å². The van der Waals surface area contributed by atoms with Crippen LogP contribution in [0.2, 0.25) is 0 Å². The molecule has 1 amide bonds. The Morgan fingerprint density at radius 1 is 1.03 bits per heavy atom. The van der Waals surface area contributed by atoms with Crippen LogP contribution < -0.4 is 5.32 Å². The normalized spacial score (nSPS) is 16.2. The molecule has 0 saturated heterocycles. The molecule has 0 aliphatic rings. The number of ether oxygens (including phenoxy) is 2. The number of aliphatic hydroxyl groups is 1. The molecule has 4 atom stereocenters. The molecule has 0 aromatic rings. The molecule has 0 spiro atoms. The Morgan fingerprint density at radius 3 is 2.10 bits per heavy atom. The lowest BCUT2D eigenvalue weighted by Crippen LogP contribution is -2.43. The van der Waals surface area contributed by atoms with Crippen molar-refractivity contribution < 1.29 is 29.3 Å². The monoisotopic (exact) mass is 417 g/mol. The molecule has 0 aliphatic carbocycles. The molecule has 0 bridgehead atoms. The highest BCUT2D eigenvalue weighted by Crippen LogP contribution is 2.26. The maximum atomic E-state index is 11.9. The van der Waals surface area contributed by atoms with Crippen LogP contribution in [0.15, 0.2) is 0 Å². The maximum absolute atomic E-state index is 11.9. The lowest BCUT2D eigenvalue weighted by molar-refractivity contribution is -0.139. The third kappa shape index (κ3) is 13.5. The number of nitrogens with one attached hydrogen (secondary N) is 1. The van der Waals surface area contributed by atoms with Gasteiger partial charge >= 0.3 is 12.1 Å². The number of carbonyl (C=O) groups excluding carboxylic acids is 1. The molecule has 7 nitrogen and oxygen atoms in total. The van der Waals surface area contributed by atoms with Gasteiger partial charge in [0.15, 0.2) is 0 Å². The molecule has 0 heterocycles. The zero-order valence-electron chi connectivity index (χ0n) is 19.4. The van der Waals surface area contributed by atoms with E-state index in [0.29, 0.717) is 25.4 Å². The van der Waals surface area contributed by atoms with Crippen LogP contribution in [0.3, 0.4) is 0 Å². The topological polar surface area (TPSA) is 105 Å². The fourth-order valence-corrected chi connectivity index (χ4v) is 3.18. The molecule has 0 aliphatic heterocycles. The van der Waals surface area contributed by atoms with E-state index in [1.807, 2.05) is 6.92 Å². The van der Waals surface area contributed by atoms with E-state index in [4.69, 9.17) is 9.47 Å². The number of carboxylic acid groups (broad SMARTS) is 1. The molecule has 172 valence electrons. The summed E-state index contributed by atoms with van der Waals surface area (Å²) >= 11 is 0. The van der Waals surface area contributed by atoms with Crippen molar-refractivity contribution in [2.75, 3.05) is 6.61 Å². The van der Waals surface area contributed by atoms with Crippen molar-refractivity contribution in [3.05, 3.63) is 0 Å². The summed E-state index contributed by atoms with van der Waals surface area (Å²) in [5, 5.41) is 22.1. The average molecular weight is 418 g/mol. The van der Waals surface area contributed by atoms with Crippen molar-refractivity contribution in [2.24, 2.45) is 11.8 Å². The largest absolute Gasteiger partial charge is 0.480 e. The van der Waals surface area contributed by atoms with Crippen LogP contribution in [0.4, 0.5) is 4.79 Å². The third-order valence-corrected chi connectivity index (χ3v) is 4.68. The predicted octanol–water partition coefficient (Wildman–Crippen LogP) is 4.36. The third-order valence-electron chi connectivity index (χ3n) is 4.68. The summed E-state index contributed by atoms with van der Waals surface area (Å²) < 4.78 is 11.2. The van der Waals surface area contributed by atoms with Crippen molar-refractivity contribution in [1.29, 1.82) is 0 Å². The Hall–Kier alpha value is -1.34. The minimum atomic E-state index is -1.09. The van der Waals surface area contributed by atoms with Crippen LogP contribution in [0, 0.1) is 11.8 Å². The molecule has 29 heavy (non-hydrogen) atoms. The van der Waals surface area contributed by atoms with Crippen molar-refractivity contribution in [3.8, 4) is 0 Å². The van der Waals surface area contributed by atoms with Gasteiger partial charge in [0.2, 0.25) is 0 Å². The van der Waals surface area contributed by atoms with Gasteiger partial charge in [-0.15, -0.1) is 0 Å². The highest BCUT2D eigenvalue weighted by atomic mass is 16.6. The number of aliphatic hydroxyl groups excluding tert-OH is 1. The first-order valence-electron chi connectivity index (χ1n) is 10.9. The number of aliphatic carboxylic acids is 1. The Morgan fingerprint density at radius 2 is 1.66 bits per heavy atom. The zero-order chi connectivity index (χ0) is 22.6. The summed E-state index contributed by atoms with van der Waals surface area (Å²) in [5.41, 5.74) is -0.687. The molecule has 0 aromatic heterocycles. The van der Waals surface area contributed by atoms with Crippen LogP contribution in [-0.2, 0) is 14.3 Å². The van der Waals surface area contributed by atoms with Crippen LogP contribution in [0.25, 0.3) is 0 Å². The van der Waals surface area contributed by atoms with E-state index in [1.54, 1.807) is 27.7 Å². The second-order valence-electron chi connectivity index (χ2n) is 9.25. The summed E-state index contributed by atoms with van der Waals surface area (Å²) in [4.78, 5) is 23.4. The average Bonchev–Trinajstić information content (AvgIpc) is 2.55. The van der Waals surface area contributed by atoms with Crippen molar-refractivity contribution >= 4 is 12.1 Å². The number of carbonyl (C=O) groups is 2. The van der Waals surface area contributed by atoms with Gasteiger partial charge < -0.3 is 25.0 Å². The molecule has 0 radical (unpaired) electrons. The summed E-state index contributed by atoms with van der Waals surface area (Å²) in [6.07, 6.45) is 2.85. The van der Waals surface area contributed by atoms with Gasteiger partial charge in [0.1, 0.15) is 11.6 Å². The van der Waals surface area contributed by atoms with E-state index in [1.165, 1.54) is 0 Å². The molecule has 3 unspecified atom stereocenters. The number of carboxylic acids is 1. The summed E-state index contributed by atoms with van der Waals surface area (Å²) in [6.45, 7) is 13.9. The van der Waals surface area contributed by atoms with Crippen molar-refractivity contribution in [1.82, 2.24) is 5.32 Å². The fourth-order valence-electron chi connectivity index (χ4n) is 3.18. The van der Waals surface area contributed by atoms with E-state index in [2.05, 4.69) is 19.2 Å². The minimum absolute atomic E-state index is 0.00560. The van der Waals surface area contributed by atoms with E-state index in [0.717, 1.165) is 19.3 Å². The van der Waals surface area contributed by atoms with Crippen molar-refractivity contribution in [2.45, 2.75) is 111 Å². The summed E-state index contributed by atoms with van der Waals surface area (Å²) in [5.74, 6) is -0.544. The number of hydrogen-bond donors (Lipinski definition) is 3. The lowest BCUT2D eigenvalue weighted by atomic mass is 9.86. The molecule has 0 rings (SSSR count). The van der Waals surface area contributed by atoms with Crippen LogP contribution >= 0.6 is 0 Å². The Bertz CT molecular complexity index is 472. The Labute approximate surface area is 176 Å². The zero-order valence-corrected chi connectivity index (χ0v) is 19.4. The number of rotatable bonds is 14. The lowest BCUT2D eigenvalue weighted by Gasteiger charge is -2.30. The van der Waals surface area contributed by atoms with Gasteiger partial charge in [-0.3, -0.25) is 0 Å². The molecular formula is C22H43NO6. The Balaban J connectivity index is 4.89. The minimum Gasteiger partial charge on any atom is -0.480 e. The van der Waals surface area contributed by atoms with E-state index < -0.39 is 29.8 Å². The van der Waals surface area contributed by atoms with Crippen LogP contribution in [-0.4, -0.2) is 52.7 Å². The van der Waals surface area contributed by atoms with Gasteiger partial charge in [0.05, 0.1) is 12.2 Å². The van der Waals surface area contributed by atoms with Gasteiger partial charge in [-0.25, -0.2) is 9.59 Å². The van der Waals surface area contributed by atoms with Gasteiger partial charge in [-0.05, 0) is 65.7 Å². The summed E-state index contributed by atoms with van der Waals surface area (Å²) in [6, 6.07) is -1.02. The van der Waals surface area contributed by atoms with E-state index in [-0.39, 0.29) is 18.4 Å².